The molecule has 1 aromatic carbocycles. The summed E-state index contributed by atoms with van der Waals surface area (Å²) < 4.78 is 10.8. The van der Waals surface area contributed by atoms with Crippen molar-refractivity contribution in [3.05, 3.63) is 48.2 Å². The van der Waals surface area contributed by atoms with E-state index >= 15 is 0 Å². The van der Waals surface area contributed by atoms with Crippen molar-refractivity contribution >= 4 is 18.6 Å². The number of benzene rings is 1. The Morgan fingerprint density at radius 2 is 2.24 bits per heavy atom. The highest BCUT2D eigenvalue weighted by Gasteiger charge is 2.36. The average molecular weight is 285 g/mol. The summed E-state index contributed by atoms with van der Waals surface area (Å²) in [5, 5.41) is 18.7. The molecule has 0 aliphatic carbocycles. The first-order valence-electron chi connectivity index (χ1n) is 6.41. The molecule has 0 saturated carbocycles. The lowest BCUT2D eigenvalue weighted by molar-refractivity contribution is -0.138. The van der Waals surface area contributed by atoms with E-state index in [-0.39, 0.29) is 6.42 Å². The fourth-order valence-electron chi connectivity index (χ4n) is 2.27. The minimum absolute atomic E-state index is 0.190. The third-order valence-electron chi connectivity index (χ3n) is 3.18. The molecule has 0 saturated heterocycles. The summed E-state index contributed by atoms with van der Waals surface area (Å²) in [5.41, 5.74) is 1.19. The second-order valence-electron chi connectivity index (χ2n) is 4.64. The zero-order valence-electron chi connectivity index (χ0n) is 11.0. The number of pyridine rings is 1. The predicted molar refractivity (Wildman–Crippen MR) is 74.4 cm³/mol. The summed E-state index contributed by atoms with van der Waals surface area (Å²) in [6, 6.07) is 10.3. The second-order valence-corrected chi connectivity index (χ2v) is 4.64. The van der Waals surface area contributed by atoms with Crippen molar-refractivity contribution in [1.29, 1.82) is 0 Å². The lowest BCUT2D eigenvalue weighted by Crippen LogP contribution is -2.28. The smallest absolute Gasteiger partial charge is 0.481 e. The Kier molecular flexibility index (Phi) is 3.59. The van der Waals surface area contributed by atoms with Crippen LogP contribution in [0.4, 0.5) is 0 Å². The van der Waals surface area contributed by atoms with Gasteiger partial charge in [0.15, 0.2) is 0 Å². The molecule has 1 unspecified atom stereocenters. The Labute approximate surface area is 121 Å². The quantitative estimate of drug-likeness (QED) is 0.818. The van der Waals surface area contributed by atoms with Gasteiger partial charge < -0.3 is 19.5 Å². The average Bonchev–Trinajstić information content (AvgIpc) is 2.75. The third kappa shape index (κ3) is 2.88. The van der Waals surface area contributed by atoms with Crippen molar-refractivity contribution < 1.29 is 24.3 Å². The largest absolute Gasteiger partial charge is 0.492 e. The number of ether oxygens (including phenoxy) is 1. The summed E-state index contributed by atoms with van der Waals surface area (Å²) in [4.78, 5) is 14.8. The number of carbonyl (C=O) groups is 1. The molecule has 7 heteroatoms. The molecule has 2 aromatic rings. The number of carboxylic acids is 1. The van der Waals surface area contributed by atoms with Gasteiger partial charge in [-0.25, -0.2) is 4.98 Å². The zero-order chi connectivity index (χ0) is 14.8. The highest BCUT2D eigenvalue weighted by Crippen LogP contribution is 2.29. The van der Waals surface area contributed by atoms with E-state index in [4.69, 9.17) is 14.5 Å². The Morgan fingerprint density at radius 3 is 2.95 bits per heavy atom. The first-order valence-corrected chi connectivity index (χ1v) is 6.41. The predicted octanol–water partition coefficient (Wildman–Crippen LogP) is 1.11. The standard InChI is InChI=1S/C14H12BNO5/c17-14(18)8-12-10-5-4-9(7-11(10)15(19)21-12)20-13-3-1-2-6-16-13/h1-7,12,19H,8H2,(H,17,18). The molecule has 0 radical (unpaired) electrons. The Balaban J connectivity index is 1.85. The lowest BCUT2D eigenvalue weighted by Gasteiger charge is -2.09. The van der Waals surface area contributed by atoms with Crippen molar-refractivity contribution in [2.24, 2.45) is 0 Å². The van der Waals surface area contributed by atoms with Crippen LogP contribution in [0.5, 0.6) is 11.6 Å². The monoisotopic (exact) mass is 285 g/mol. The van der Waals surface area contributed by atoms with Crippen molar-refractivity contribution in [3.8, 4) is 11.6 Å². The maximum absolute atomic E-state index is 10.8. The number of carboxylic acid groups (broad SMARTS) is 1. The van der Waals surface area contributed by atoms with Gasteiger partial charge in [-0.05, 0) is 29.2 Å². The van der Waals surface area contributed by atoms with E-state index in [0.717, 1.165) is 0 Å². The fraction of sp³-hybridized carbons (Fsp3) is 0.143. The molecule has 21 heavy (non-hydrogen) atoms. The van der Waals surface area contributed by atoms with Crippen molar-refractivity contribution in [2.45, 2.75) is 12.5 Å². The van der Waals surface area contributed by atoms with Gasteiger partial charge in [-0.2, -0.15) is 0 Å². The van der Waals surface area contributed by atoms with Crippen molar-refractivity contribution in [3.63, 3.8) is 0 Å². The molecule has 3 rings (SSSR count). The number of hydrogen-bond donors (Lipinski definition) is 2. The van der Waals surface area contributed by atoms with Gasteiger partial charge in [-0.3, -0.25) is 4.79 Å². The van der Waals surface area contributed by atoms with E-state index in [1.165, 1.54) is 0 Å². The molecule has 1 aliphatic heterocycles. The van der Waals surface area contributed by atoms with Crippen LogP contribution in [0.3, 0.4) is 0 Å². The van der Waals surface area contributed by atoms with Gasteiger partial charge in [-0.15, -0.1) is 0 Å². The van der Waals surface area contributed by atoms with Gasteiger partial charge >= 0.3 is 13.1 Å². The summed E-state index contributed by atoms with van der Waals surface area (Å²) in [5.74, 6) is -0.0344. The van der Waals surface area contributed by atoms with Gasteiger partial charge in [0.05, 0.1) is 12.5 Å². The van der Waals surface area contributed by atoms with Crippen molar-refractivity contribution in [2.75, 3.05) is 0 Å². The molecule has 1 atom stereocenters. The summed E-state index contributed by atoms with van der Waals surface area (Å²) >= 11 is 0. The van der Waals surface area contributed by atoms with E-state index in [9.17, 15) is 9.82 Å². The van der Waals surface area contributed by atoms with Crippen LogP contribution in [-0.4, -0.2) is 28.2 Å². The molecule has 1 aliphatic rings. The molecular weight excluding hydrogens is 273 g/mol. The minimum Gasteiger partial charge on any atom is -0.481 e. The Morgan fingerprint density at radius 1 is 1.38 bits per heavy atom. The Hall–Kier alpha value is -2.38. The second kappa shape index (κ2) is 5.55. The van der Waals surface area contributed by atoms with E-state index in [0.29, 0.717) is 22.7 Å². The van der Waals surface area contributed by atoms with Crippen LogP contribution >= 0.6 is 0 Å². The number of hydrogen-bond acceptors (Lipinski definition) is 5. The maximum atomic E-state index is 10.8. The number of fused-ring (bicyclic) bond motifs is 1. The van der Waals surface area contributed by atoms with E-state index < -0.39 is 19.2 Å². The fourth-order valence-corrected chi connectivity index (χ4v) is 2.27. The van der Waals surface area contributed by atoms with Crippen LogP contribution in [0.1, 0.15) is 18.1 Å². The third-order valence-corrected chi connectivity index (χ3v) is 3.18. The summed E-state index contributed by atoms with van der Waals surface area (Å²) in [6.45, 7) is 0. The van der Waals surface area contributed by atoms with E-state index in [1.807, 2.05) is 0 Å². The van der Waals surface area contributed by atoms with Crippen LogP contribution in [0.25, 0.3) is 0 Å². The molecule has 1 aromatic heterocycles. The van der Waals surface area contributed by atoms with Gasteiger partial charge in [0, 0.05) is 12.3 Å². The highest BCUT2D eigenvalue weighted by molar-refractivity contribution is 6.61. The van der Waals surface area contributed by atoms with E-state index in [2.05, 4.69) is 4.98 Å². The SMILES string of the molecule is O=C(O)CC1OB(O)c2cc(Oc3ccccn3)ccc21. The maximum Gasteiger partial charge on any atom is 0.492 e. The molecule has 0 amide bonds. The molecule has 0 fully saturated rings. The lowest BCUT2D eigenvalue weighted by atomic mass is 9.79. The molecular formula is C14H12BNO5. The van der Waals surface area contributed by atoms with E-state index in [1.54, 1.807) is 42.6 Å². The normalized spacial score (nSPS) is 16.6. The molecule has 6 nitrogen and oxygen atoms in total. The molecule has 0 spiro atoms. The number of aliphatic carboxylic acids is 1. The first-order chi connectivity index (χ1) is 10.1. The molecule has 2 N–H and O–H groups in total. The van der Waals surface area contributed by atoms with Crippen LogP contribution < -0.4 is 10.2 Å². The number of aromatic nitrogens is 1. The van der Waals surface area contributed by atoms with Crippen LogP contribution in [-0.2, 0) is 9.45 Å². The van der Waals surface area contributed by atoms with Crippen LogP contribution in [0, 0.1) is 0 Å². The zero-order valence-corrected chi connectivity index (χ0v) is 11.0. The number of nitrogens with zero attached hydrogens (tertiary/aromatic N) is 1. The van der Waals surface area contributed by atoms with Gasteiger partial charge in [0.2, 0.25) is 5.88 Å². The highest BCUT2D eigenvalue weighted by atomic mass is 16.5. The van der Waals surface area contributed by atoms with Crippen LogP contribution in [0.15, 0.2) is 42.6 Å². The number of rotatable bonds is 4. The van der Waals surface area contributed by atoms with Gasteiger partial charge in [0.1, 0.15) is 5.75 Å². The van der Waals surface area contributed by atoms with Crippen molar-refractivity contribution in [1.82, 2.24) is 4.98 Å². The summed E-state index contributed by atoms with van der Waals surface area (Å²) in [7, 11) is -1.14. The van der Waals surface area contributed by atoms with Gasteiger partial charge in [0.25, 0.3) is 0 Å². The topological polar surface area (TPSA) is 88.9 Å². The molecule has 0 bridgehead atoms. The molecule has 106 valence electrons. The van der Waals surface area contributed by atoms with Crippen LogP contribution in [0.2, 0.25) is 0 Å². The summed E-state index contributed by atoms with van der Waals surface area (Å²) in [6.07, 6.45) is 0.782. The van der Waals surface area contributed by atoms with Gasteiger partial charge in [-0.1, -0.05) is 12.1 Å². The minimum atomic E-state index is -1.14. The Bertz CT molecular complexity index is 664. The first kappa shape index (κ1) is 13.6. The molecule has 2 heterocycles.